The van der Waals surface area contributed by atoms with Crippen LogP contribution in [0.15, 0.2) is 20.5 Å². The minimum Gasteiger partial charge on any atom is -0.392 e. The zero-order valence-electron chi connectivity index (χ0n) is 12.7. The van der Waals surface area contributed by atoms with E-state index >= 15 is 0 Å². The summed E-state index contributed by atoms with van der Waals surface area (Å²) in [6.07, 6.45) is 1.54. The summed E-state index contributed by atoms with van der Waals surface area (Å²) in [6, 6.07) is -0.0286. The Hall–Kier alpha value is -0.980. The maximum Gasteiger partial charge on any atom is 0.261 e. The maximum absolute atomic E-state index is 12.3. The molecule has 3 aliphatic rings. The number of carbonyl (C=O) groups is 1. The van der Waals surface area contributed by atoms with Crippen molar-refractivity contribution in [2.24, 2.45) is 15.9 Å². The van der Waals surface area contributed by atoms with Gasteiger partial charge in [0, 0.05) is 6.54 Å². The van der Waals surface area contributed by atoms with E-state index in [-0.39, 0.29) is 24.0 Å². The van der Waals surface area contributed by atoms with Crippen molar-refractivity contribution in [2.75, 3.05) is 13.1 Å². The molecule has 3 unspecified atom stereocenters. The van der Waals surface area contributed by atoms with Gasteiger partial charge in [-0.05, 0) is 50.6 Å². The highest BCUT2D eigenvalue weighted by atomic mass is 32.2. The number of aliphatic hydroxyl groups is 1. The molecule has 1 saturated heterocycles. The van der Waals surface area contributed by atoms with Crippen molar-refractivity contribution in [2.45, 2.75) is 45.8 Å². The van der Waals surface area contributed by atoms with Gasteiger partial charge in [0.05, 0.1) is 17.2 Å². The number of carbonyl (C=O) groups excluding carboxylic acids is 1. The number of nitrogens with zero attached hydrogens (tertiary/aromatic N) is 3. The van der Waals surface area contributed by atoms with E-state index in [1.165, 1.54) is 0 Å². The molecule has 3 heterocycles. The number of thioether (sulfide) groups is 1. The first-order valence-corrected chi connectivity index (χ1v) is 8.27. The number of aliphatic hydroxyl groups excluding tert-OH is 1. The lowest BCUT2D eigenvalue weighted by molar-refractivity contribution is -0.118. The molecule has 0 radical (unpaired) electrons. The second-order valence-corrected chi connectivity index (χ2v) is 7.23. The monoisotopic (exact) mass is 307 g/mol. The molecule has 0 aromatic carbocycles. The fourth-order valence-electron chi connectivity index (χ4n) is 3.06. The number of amidine groups is 1. The van der Waals surface area contributed by atoms with Gasteiger partial charge in [-0.1, -0.05) is 11.8 Å². The number of rotatable bonds is 2. The van der Waals surface area contributed by atoms with Gasteiger partial charge in [0.25, 0.3) is 5.91 Å². The predicted molar refractivity (Wildman–Crippen MR) is 85.6 cm³/mol. The average molecular weight is 307 g/mol. The molecule has 3 aliphatic heterocycles. The van der Waals surface area contributed by atoms with Crippen LogP contribution in [0.3, 0.4) is 0 Å². The van der Waals surface area contributed by atoms with Gasteiger partial charge in [0.1, 0.15) is 11.8 Å². The van der Waals surface area contributed by atoms with Crippen LogP contribution in [0.2, 0.25) is 0 Å². The summed E-state index contributed by atoms with van der Waals surface area (Å²) in [6.45, 7) is 7.58. The molecule has 6 heteroatoms. The van der Waals surface area contributed by atoms with Gasteiger partial charge >= 0.3 is 0 Å². The normalized spacial score (nSPS) is 31.9. The summed E-state index contributed by atoms with van der Waals surface area (Å²) in [4.78, 5) is 24.5. The molecular weight excluding hydrogens is 286 g/mol. The van der Waals surface area contributed by atoms with Crippen molar-refractivity contribution in [3.05, 3.63) is 10.5 Å². The highest BCUT2D eigenvalue weighted by Crippen LogP contribution is 2.40. The molecule has 3 atom stereocenters. The number of fused-ring (bicyclic) bond motifs is 1. The Morgan fingerprint density at radius 2 is 2.14 bits per heavy atom. The van der Waals surface area contributed by atoms with Gasteiger partial charge in [-0.25, -0.2) is 4.99 Å². The largest absolute Gasteiger partial charge is 0.392 e. The molecule has 114 valence electrons. The standard InChI is InChI=1S/C15H21N3O2S/c1-8-10(3)21-15-12(8)14(20)16-13(17-15)9(2)18-6-4-5-11(19)7-18/h9,11-12,19H,4-7H2,1-3H3. The number of amides is 1. The Labute approximate surface area is 129 Å². The summed E-state index contributed by atoms with van der Waals surface area (Å²) in [7, 11) is 0. The first kappa shape index (κ1) is 14.9. The van der Waals surface area contributed by atoms with E-state index < -0.39 is 0 Å². The first-order valence-electron chi connectivity index (χ1n) is 7.45. The lowest BCUT2D eigenvalue weighted by Crippen LogP contribution is -2.47. The Kier molecular flexibility index (Phi) is 4.03. The lowest BCUT2D eigenvalue weighted by Gasteiger charge is -2.35. The number of likely N-dealkylation sites (tertiary alicyclic amines) is 1. The highest BCUT2D eigenvalue weighted by Gasteiger charge is 2.38. The molecule has 3 rings (SSSR count). The average Bonchev–Trinajstić information content (AvgIpc) is 2.73. The quantitative estimate of drug-likeness (QED) is 0.845. The van der Waals surface area contributed by atoms with Crippen LogP contribution in [0.25, 0.3) is 0 Å². The number of aliphatic imine (C=N–C) groups is 2. The van der Waals surface area contributed by atoms with Crippen molar-refractivity contribution >= 4 is 28.5 Å². The third-order valence-electron chi connectivity index (χ3n) is 4.54. The zero-order chi connectivity index (χ0) is 15.1. The zero-order valence-corrected chi connectivity index (χ0v) is 13.5. The maximum atomic E-state index is 12.3. The van der Waals surface area contributed by atoms with Crippen LogP contribution < -0.4 is 0 Å². The van der Waals surface area contributed by atoms with Gasteiger partial charge in [-0.3, -0.25) is 9.69 Å². The van der Waals surface area contributed by atoms with E-state index in [1.807, 2.05) is 20.8 Å². The SMILES string of the molecule is CC1=C(C)C2C(=O)N=C(C(C)N3CCCC(O)C3)N=C2S1. The van der Waals surface area contributed by atoms with Gasteiger partial charge < -0.3 is 5.11 Å². The number of hydrogen-bond donors (Lipinski definition) is 1. The summed E-state index contributed by atoms with van der Waals surface area (Å²) < 4.78 is 0. The van der Waals surface area contributed by atoms with Crippen molar-refractivity contribution in [3.63, 3.8) is 0 Å². The molecule has 1 amide bonds. The van der Waals surface area contributed by atoms with Crippen LogP contribution in [0, 0.1) is 5.92 Å². The molecule has 0 spiro atoms. The van der Waals surface area contributed by atoms with Crippen LogP contribution in [-0.2, 0) is 4.79 Å². The molecule has 0 aliphatic carbocycles. The molecule has 21 heavy (non-hydrogen) atoms. The first-order chi connectivity index (χ1) is 9.97. The molecule has 0 aromatic rings. The number of β-amino-alcohol motifs (C(OH)–C–C–N with tert-alkyl or cyclic N) is 1. The third kappa shape index (κ3) is 2.72. The van der Waals surface area contributed by atoms with E-state index in [1.54, 1.807) is 11.8 Å². The van der Waals surface area contributed by atoms with Gasteiger partial charge in [0.2, 0.25) is 0 Å². The topological polar surface area (TPSA) is 65.3 Å². The van der Waals surface area contributed by atoms with Crippen LogP contribution in [0.1, 0.15) is 33.6 Å². The van der Waals surface area contributed by atoms with Crippen molar-refractivity contribution in [1.82, 2.24) is 4.90 Å². The van der Waals surface area contributed by atoms with Gasteiger partial charge in [0.15, 0.2) is 0 Å². The highest BCUT2D eigenvalue weighted by molar-refractivity contribution is 8.17. The number of allylic oxidation sites excluding steroid dienone is 1. The van der Waals surface area contributed by atoms with Crippen molar-refractivity contribution in [3.8, 4) is 0 Å². The van der Waals surface area contributed by atoms with Gasteiger partial charge in [-0.2, -0.15) is 4.99 Å². The fourth-order valence-corrected chi connectivity index (χ4v) is 4.19. The fraction of sp³-hybridized carbons (Fsp3) is 0.667. The smallest absolute Gasteiger partial charge is 0.261 e. The summed E-state index contributed by atoms with van der Waals surface area (Å²) in [5.41, 5.74) is 1.08. The van der Waals surface area contributed by atoms with Crippen LogP contribution in [0.4, 0.5) is 0 Å². The van der Waals surface area contributed by atoms with Crippen LogP contribution in [-0.4, -0.2) is 52.0 Å². The molecular formula is C15H21N3O2S. The number of piperidine rings is 1. The molecule has 0 aromatic heterocycles. The molecule has 1 fully saturated rings. The Bertz CT molecular complexity index is 567. The second-order valence-electron chi connectivity index (χ2n) is 6.00. The second kappa shape index (κ2) is 5.66. The Balaban J connectivity index is 1.80. The van der Waals surface area contributed by atoms with E-state index in [0.29, 0.717) is 12.4 Å². The van der Waals surface area contributed by atoms with Crippen molar-refractivity contribution < 1.29 is 9.90 Å². The summed E-state index contributed by atoms with van der Waals surface area (Å²) in [5.74, 6) is 0.245. The molecule has 0 bridgehead atoms. The van der Waals surface area contributed by atoms with Crippen molar-refractivity contribution in [1.29, 1.82) is 0 Å². The van der Waals surface area contributed by atoms with E-state index in [2.05, 4.69) is 14.9 Å². The minimum absolute atomic E-state index is 0.0286. The Morgan fingerprint density at radius 1 is 1.38 bits per heavy atom. The lowest BCUT2D eigenvalue weighted by atomic mass is 9.99. The number of hydrogen-bond acceptors (Lipinski definition) is 5. The molecule has 1 N–H and O–H groups in total. The van der Waals surface area contributed by atoms with E-state index in [4.69, 9.17) is 0 Å². The van der Waals surface area contributed by atoms with Crippen LogP contribution in [0.5, 0.6) is 0 Å². The third-order valence-corrected chi connectivity index (χ3v) is 5.70. The molecule has 0 saturated carbocycles. The van der Waals surface area contributed by atoms with E-state index in [9.17, 15) is 9.90 Å². The summed E-state index contributed by atoms with van der Waals surface area (Å²) >= 11 is 1.59. The molecule has 5 nitrogen and oxygen atoms in total. The summed E-state index contributed by atoms with van der Waals surface area (Å²) in [5, 5.41) is 10.7. The predicted octanol–water partition coefficient (Wildman–Crippen LogP) is 1.83. The van der Waals surface area contributed by atoms with Gasteiger partial charge in [-0.15, -0.1) is 0 Å². The Morgan fingerprint density at radius 3 is 2.86 bits per heavy atom. The van der Waals surface area contributed by atoms with E-state index in [0.717, 1.165) is 34.9 Å². The van der Waals surface area contributed by atoms with Crippen LogP contribution >= 0.6 is 11.8 Å². The minimum atomic E-state index is -0.284.